The van der Waals surface area contributed by atoms with Crippen molar-refractivity contribution in [2.24, 2.45) is 5.41 Å². The number of aliphatic hydroxyl groups excluding tert-OH is 1. The number of nitrogens with one attached hydrogen (secondary N) is 1. The van der Waals surface area contributed by atoms with E-state index in [9.17, 15) is 19.1 Å². The number of aliphatic hydroxyl groups is 1. The Morgan fingerprint density at radius 3 is 2.37 bits per heavy atom. The number of unbranched alkanes of at least 4 members (excludes halogenated alkanes) is 1. The van der Waals surface area contributed by atoms with Crippen molar-refractivity contribution in [2.45, 2.75) is 52.6 Å². The fourth-order valence-electron chi connectivity index (χ4n) is 6.09. The maximum atomic E-state index is 13.2. The predicted molar refractivity (Wildman–Crippen MR) is 185 cm³/mol. The van der Waals surface area contributed by atoms with Gasteiger partial charge in [0, 0.05) is 82.9 Å². The monoisotopic (exact) mass is 658 g/mol. The Morgan fingerprint density at radius 1 is 1.02 bits per heavy atom. The summed E-state index contributed by atoms with van der Waals surface area (Å²) in [5.74, 6) is 0.247. The quantitative estimate of drug-likeness (QED) is 0.268. The molecule has 0 radical (unpaired) electrons. The third-order valence-corrected chi connectivity index (χ3v) is 8.32. The molecule has 5 rings (SSSR count). The number of halogens is 2. The van der Waals surface area contributed by atoms with Crippen LogP contribution in [0.15, 0.2) is 71.8 Å². The van der Waals surface area contributed by atoms with E-state index < -0.39 is 0 Å². The molecule has 1 aliphatic carbocycles. The predicted octanol–water partition coefficient (Wildman–Crippen LogP) is 4.60. The minimum Gasteiger partial charge on any atom is -0.508 e. The average molecular weight is 659 g/mol. The molecular formula is C36H52ClFN4O4. The van der Waals surface area contributed by atoms with Crippen molar-refractivity contribution in [3.05, 3.63) is 88.8 Å². The van der Waals surface area contributed by atoms with Crippen LogP contribution >= 0.6 is 12.4 Å². The van der Waals surface area contributed by atoms with Gasteiger partial charge in [-0.2, -0.15) is 0 Å². The Morgan fingerprint density at radius 2 is 1.72 bits per heavy atom. The lowest BCUT2D eigenvalue weighted by molar-refractivity contribution is -0.129. The highest BCUT2D eigenvalue weighted by atomic mass is 35.5. The van der Waals surface area contributed by atoms with E-state index in [2.05, 4.69) is 42.0 Å². The molecule has 8 nitrogen and oxygen atoms in total. The topological polar surface area (TPSA) is 96.4 Å². The van der Waals surface area contributed by atoms with Gasteiger partial charge in [-0.05, 0) is 73.4 Å². The molecule has 2 fully saturated rings. The summed E-state index contributed by atoms with van der Waals surface area (Å²) in [4.78, 5) is 30.3. The second kappa shape index (κ2) is 19.6. The molecule has 1 atom stereocenters. The van der Waals surface area contributed by atoms with Crippen LogP contribution in [0.25, 0.3) is 0 Å². The minimum absolute atomic E-state index is 0. The standard InChI is InChI=1S/C23H30N2O3.C12H17FN2.CH4O.ClH/c1-23(2)17-19(14-18-6-5-7-20(27)15-18)16-21(23)22(28)25-11-9-24(10-12-25)8-3-4-13-26;1-10-8-15(6-5-14-10)9-11-3-2-4-12(13)7-11;1-2;/h5-7,13,15-17,27H,3-4,8-12,14H2,1-2H3;2-4,7,10,14H,5-6,8-9H2,1H3;2H,1H3;1H. The zero-order valence-corrected chi connectivity index (χ0v) is 28.6. The van der Waals surface area contributed by atoms with Gasteiger partial charge in [-0.25, -0.2) is 4.39 Å². The van der Waals surface area contributed by atoms with Crippen LogP contribution in [0, 0.1) is 11.2 Å². The molecule has 2 saturated heterocycles. The average Bonchev–Trinajstić information content (AvgIpc) is 3.32. The van der Waals surface area contributed by atoms with E-state index in [1.165, 1.54) is 6.07 Å². The molecule has 2 aliphatic heterocycles. The summed E-state index contributed by atoms with van der Waals surface area (Å²) in [6.45, 7) is 14.4. The molecule has 0 bridgehead atoms. The van der Waals surface area contributed by atoms with Gasteiger partial charge >= 0.3 is 0 Å². The maximum Gasteiger partial charge on any atom is 0.250 e. The Labute approximate surface area is 280 Å². The van der Waals surface area contributed by atoms with E-state index >= 15 is 0 Å². The van der Waals surface area contributed by atoms with E-state index in [-0.39, 0.29) is 35.3 Å². The van der Waals surface area contributed by atoms with Crippen LogP contribution in [0.5, 0.6) is 5.75 Å². The van der Waals surface area contributed by atoms with E-state index in [1.54, 1.807) is 24.3 Å². The number of piperazine rings is 2. The molecule has 46 heavy (non-hydrogen) atoms. The summed E-state index contributed by atoms with van der Waals surface area (Å²) in [6, 6.07) is 14.7. The zero-order valence-electron chi connectivity index (χ0n) is 27.8. The van der Waals surface area contributed by atoms with Gasteiger partial charge in [-0.3, -0.25) is 14.6 Å². The number of carbonyl (C=O) groups is 2. The molecule has 1 amide bonds. The summed E-state index contributed by atoms with van der Waals surface area (Å²) in [6.07, 6.45) is 7.36. The summed E-state index contributed by atoms with van der Waals surface area (Å²) in [5, 5.41) is 20.1. The fraction of sp³-hybridized carbons (Fsp3) is 0.500. The highest BCUT2D eigenvalue weighted by Crippen LogP contribution is 2.38. The number of nitrogens with zero attached hydrogens (tertiary/aromatic N) is 3. The molecule has 0 saturated carbocycles. The molecule has 2 heterocycles. The Bertz CT molecular complexity index is 1310. The van der Waals surface area contributed by atoms with Crippen molar-refractivity contribution in [3.63, 3.8) is 0 Å². The molecule has 2 aromatic rings. The summed E-state index contributed by atoms with van der Waals surface area (Å²) >= 11 is 0. The maximum absolute atomic E-state index is 13.2. The molecule has 3 aliphatic rings. The summed E-state index contributed by atoms with van der Waals surface area (Å²) in [5.41, 5.74) is 3.77. The van der Waals surface area contributed by atoms with E-state index in [1.807, 2.05) is 29.2 Å². The van der Waals surface area contributed by atoms with Gasteiger partial charge in [0.05, 0.1) is 0 Å². The van der Waals surface area contributed by atoms with E-state index in [0.717, 1.165) is 101 Å². The normalized spacial score (nSPS) is 19.3. The van der Waals surface area contributed by atoms with Gasteiger partial charge < -0.3 is 25.2 Å². The summed E-state index contributed by atoms with van der Waals surface area (Å²) < 4.78 is 13.0. The SMILES string of the molecule is CC1(C)C=C(Cc2cccc(O)c2)C=C1C(=O)N1CCN(CCCC=O)CC1.CC1CN(Cc2cccc(F)c2)CCN1.CO.Cl. The van der Waals surface area contributed by atoms with Gasteiger partial charge in [0.25, 0.3) is 5.91 Å². The number of phenols is 1. The third-order valence-electron chi connectivity index (χ3n) is 8.32. The van der Waals surface area contributed by atoms with Crippen molar-refractivity contribution >= 4 is 24.6 Å². The van der Waals surface area contributed by atoms with Crippen LogP contribution in [0.1, 0.15) is 44.7 Å². The molecule has 10 heteroatoms. The molecule has 1 unspecified atom stereocenters. The van der Waals surface area contributed by atoms with Crippen LogP contribution in [0.3, 0.4) is 0 Å². The number of rotatable bonds is 9. The lowest BCUT2D eigenvalue weighted by atomic mass is 9.86. The van der Waals surface area contributed by atoms with Gasteiger partial charge in [0.1, 0.15) is 17.9 Å². The largest absolute Gasteiger partial charge is 0.508 e. The van der Waals surface area contributed by atoms with Crippen molar-refractivity contribution in [3.8, 4) is 5.75 Å². The number of aromatic hydroxyl groups is 1. The number of aldehydes is 1. The number of hydrogen-bond donors (Lipinski definition) is 3. The molecule has 0 spiro atoms. The van der Waals surface area contributed by atoms with Crippen molar-refractivity contribution < 1.29 is 24.2 Å². The van der Waals surface area contributed by atoms with Crippen LogP contribution in [-0.2, 0) is 22.6 Å². The van der Waals surface area contributed by atoms with Crippen molar-refractivity contribution in [1.82, 2.24) is 20.0 Å². The lowest BCUT2D eigenvalue weighted by Gasteiger charge is -2.36. The number of allylic oxidation sites excluding steroid dienone is 3. The first-order valence-electron chi connectivity index (χ1n) is 15.9. The first kappa shape index (κ1) is 39.1. The number of carbonyl (C=O) groups excluding carboxylic acids is 2. The van der Waals surface area contributed by atoms with Gasteiger partial charge in [0.15, 0.2) is 0 Å². The van der Waals surface area contributed by atoms with Crippen LogP contribution in [0.4, 0.5) is 4.39 Å². The molecule has 0 aromatic heterocycles. The molecule has 2 aromatic carbocycles. The number of hydrogen-bond acceptors (Lipinski definition) is 7. The molecule has 3 N–H and O–H groups in total. The van der Waals surface area contributed by atoms with Gasteiger partial charge in [-0.15, -0.1) is 12.4 Å². The Balaban J connectivity index is 0.000000346. The van der Waals surface area contributed by atoms with Crippen LogP contribution < -0.4 is 5.32 Å². The molecule has 254 valence electrons. The number of phenolic OH excluding ortho intramolecular Hbond substituents is 1. The van der Waals surface area contributed by atoms with Crippen LogP contribution in [-0.4, -0.2) is 103 Å². The first-order valence-corrected chi connectivity index (χ1v) is 15.9. The number of benzene rings is 2. The highest BCUT2D eigenvalue weighted by Gasteiger charge is 2.35. The van der Waals surface area contributed by atoms with Crippen LogP contribution in [0.2, 0.25) is 0 Å². The van der Waals surface area contributed by atoms with E-state index in [4.69, 9.17) is 5.11 Å². The zero-order chi connectivity index (χ0) is 32.8. The first-order chi connectivity index (χ1) is 21.6. The number of amides is 1. The van der Waals surface area contributed by atoms with E-state index in [0.29, 0.717) is 18.9 Å². The second-order valence-corrected chi connectivity index (χ2v) is 12.5. The molecular weight excluding hydrogens is 607 g/mol. The lowest BCUT2D eigenvalue weighted by Crippen LogP contribution is -2.49. The summed E-state index contributed by atoms with van der Waals surface area (Å²) in [7, 11) is 1.00. The smallest absolute Gasteiger partial charge is 0.250 e. The highest BCUT2D eigenvalue weighted by molar-refractivity contribution is 5.96. The minimum atomic E-state index is -0.287. The second-order valence-electron chi connectivity index (χ2n) is 12.5. The fourth-order valence-corrected chi connectivity index (χ4v) is 6.09. The Hall–Kier alpha value is -3.08. The Kier molecular flexibility index (Phi) is 16.6. The van der Waals surface area contributed by atoms with Crippen molar-refractivity contribution in [1.29, 1.82) is 0 Å². The van der Waals surface area contributed by atoms with Gasteiger partial charge in [0.2, 0.25) is 0 Å². The third kappa shape index (κ3) is 12.3. The van der Waals surface area contributed by atoms with Gasteiger partial charge in [-0.1, -0.05) is 44.2 Å². The van der Waals surface area contributed by atoms with Crippen molar-refractivity contribution in [2.75, 3.05) is 59.5 Å².